The number of aliphatic hydroxyl groups is 1. The molecule has 0 aliphatic carbocycles. The van der Waals surface area contributed by atoms with E-state index in [-0.39, 0.29) is 13.0 Å². The molecular weight excluding hydrogens is 482 g/mol. The summed E-state index contributed by atoms with van der Waals surface area (Å²) in [6.07, 6.45) is -0.695. The van der Waals surface area contributed by atoms with E-state index >= 15 is 0 Å². The molecule has 1 aromatic carbocycles. The van der Waals surface area contributed by atoms with Crippen LogP contribution in [0.3, 0.4) is 0 Å². The Morgan fingerprint density at radius 2 is 1.91 bits per heavy atom. The van der Waals surface area contributed by atoms with Crippen LogP contribution < -0.4 is 10.6 Å². The number of aryl methyl sites for hydroxylation is 1. The maximum atomic E-state index is 13.1. The maximum absolute atomic E-state index is 13.1. The first-order valence-electron chi connectivity index (χ1n) is 10.5. The number of hydrogen-bond donors (Lipinski definition) is 3. The molecule has 9 nitrogen and oxygen atoms in total. The molecule has 0 saturated carbocycles. The minimum Gasteiger partial charge on any atom is -0.467 e. The predicted molar refractivity (Wildman–Crippen MR) is 128 cm³/mol. The molecule has 0 spiro atoms. The van der Waals surface area contributed by atoms with Gasteiger partial charge in [-0.05, 0) is 56.7 Å². The molecule has 1 fully saturated rings. The number of ether oxygens (including phenoxy) is 1. The van der Waals surface area contributed by atoms with E-state index in [9.17, 15) is 24.3 Å². The Kier molecular flexibility index (Phi) is 7.64. The predicted octanol–water partition coefficient (Wildman–Crippen LogP) is 2.61. The van der Waals surface area contributed by atoms with E-state index < -0.39 is 41.4 Å². The molecule has 0 bridgehead atoms. The Hall–Kier alpha value is -2.95. The third-order valence-corrected chi connectivity index (χ3v) is 6.75. The summed E-state index contributed by atoms with van der Waals surface area (Å²) in [6, 6.07) is 7.08. The maximum Gasteiger partial charge on any atom is 0.328 e. The van der Waals surface area contributed by atoms with Crippen LogP contribution in [0, 0.1) is 6.92 Å². The second kappa shape index (κ2) is 10.1. The van der Waals surface area contributed by atoms with Crippen molar-refractivity contribution in [3.8, 4) is 0 Å². The molecule has 2 heterocycles. The second-order valence-electron chi connectivity index (χ2n) is 8.55. The quantitative estimate of drug-likeness (QED) is 0.516. The van der Waals surface area contributed by atoms with Crippen molar-refractivity contribution in [1.82, 2.24) is 10.2 Å². The smallest absolute Gasteiger partial charge is 0.328 e. The molecule has 3 amide bonds. The fourth-order valence-corrected chi connectivity index (χ4v) is 4.60. The van der Waals surface area contributed by atoms with Crippen LogP contribution in [-0.2, 0) is 14.3 Å². The monoisotopic (exact) mass is 507 g/mol. The van der Waals surface area contributed by atoms with E-state index in [2.05, 4.69) is 10.6 Å². The Morgan fingerprint density at radius 3 is 2.50 bits per heavy atom. The molecule has 1 saturated heterocycles. The van der Waals surface area contributed by atoms with Crippen LogP contribution in [0.25, 0.3) is 0 Å². The Morgan fingerprint density at radius 1 is 1.21 bits per heavy atom. The zero-order valence-electron chi connectivity index (χ0n) is 19.2. The number of benzene rings is 1. The van der Waals surface area contributed by atoms with Crippen molar-refractivity contribution in [2.24, 2.45) is 0 Å². The first-order valence-corrected chi connectivity index (χ1v) is 11.7. The van der Waals surface area contributed by atoms with E-state index in [1.165, 1.54) is 12.0 Å². The summed E-state index contributed by atoms with van der Waals surface area (Å²) >= 11 is 6.99. The van der Waals surface area contributed by atoms with Gasteiger partial charge in [-0.2, -0.15) is 0 Å². The zero-order chi connectivity index (χ0) is 25.2. The van der Waals surface area contributed by atoms with Gasteiger partial charge in [0.1, 0.15) is 11.6 Å². The lowest BCUT2D eigenvalue weighted by molar-refractivity contribution is -0.145. The topological polar surface area (TPSA) is 125 Å². The number of carbonyl (C=O) groups is 4. The normalized spacial score (nSPS) is 17.9. The number of halogens is 1. The molecule has 1 aliphatic heterocycles. The summed E-state index contributed by atoms with van der Waals surface area (Å²) in [6.45, 7) is 4.88. The lowest BCUT2D eigenvalue weighted by Gasteiger charge is -2.25. The van der Waals surface area contributed by atoms with Gasteiger partial charge in [-0.1, -0.05) is 11.6 Å². The van der Waals surface area contributed by atoms with E-state index in [4.69, 9.17) is 16.3 Å². The molecule has 3 N–H and O–H groups in total. The van der Waals surface area contributed by atoms with E-state index in [0.717, 1.165) is 11.3 Å². The van der Waals surface area contributed by atoms with Crippen molar-refractivity contribution in [3.05, 3.63) is 50.7 Å². The van der Waals surface area contributed by atoms with E-state index in [1.807, 2.05) is 0 Å². The van der Waals surface area contributed by atoms with Crippen LogP contribution in [-0.4, -0.2) is 65.0 Å². The Labute approximate surface area is 206 Å². The number of aliphatic hydroxyl groups excluding tert-OH is 1. The summed E-state index contributed by atoms with van der Waals surface area (Å²) < 4.78 is 5.22. The number of amides is 3. The van der Waals surface area contributed by atoms with Gasteiger partial charge in [-0.3, -0.25) is 14.4 Å². The average Bonchev–Trinajstić information content (AvgIpc) is 3.38. The summed E-state index contributed by atoms with van der Waals surface area (Å²) in [5.74, 6) is -1.86. The number of anilines is 1. The van der Waals surface area contributed by atoms with Gasteiger partial charge in [0.15, 0.2) is 0 Å². The fourth-order valence-electron chi connectivity index (χ4n) is 3.66. The highest BCUT2D eigenvalue weighted by molar-refractivity contribution is 7.18. The summed E-state index contributed by atoms with van der Waals surface area (Å²) in [7, 11) is 1.23. The Bertz CT molecular complexity index is 1130. The highest BCUT2D eigenvalue weighted by Crippen LogP contribution is 2.25. The molecule has 0 unspecified atom stereocenters. The van der Waals surface area contributed by atoms with Gasteiger partial charge in [0.25, 0.3) is 11.8 Å². The first-order chi connectivity index (χ1) is 15.9. The number of carbonyl (C=O) groups excluding carboxylic acids is 4. The molecule has 34 heavy (non-hydrogen) atoms. The number of nitrogens with zero attached hydrogens (tertiary/aromatic N) is 1. The van der Waals surface area contributed by atoms with Crippen molar-refractivity contribution in [1.29, 1.82) is 0 Å². The van der Waals surface area contributed by atoms with Gasteiger partial charge in [0, 0.05) is 24.2 Å². The Balaban J connectivity index is 1.70. The number of likely N-dealkylation sites (tertiary alicyclic amines) is 1. The SMILES string of the molecule is COC(=O)[C@@H]1C[C@@H](O)CN1C(=O)c1ccc(NC(=O)C(C)(C)NC(=O)c2ccc(Cl)s2)cc1C. The highest BCUT2D eigenvalue weighted by Gasteiger charge is 2.40. The molecule has 3 rings (SSSR count). The molecule has 1 aromatic heterocycles. The van der Waals surface area contributed by atoms with Crippen LogP contribution in [0.4, 0.5) is 5.69 Å². The molecule has 0 radical (unpaired) electrons. The number of nitrogens with one attached hydrogen (secondary N) is 2. The number of hydrogen-bond acceptors (Lipinski definition) is 7. The molecule has 2 aromatic rings. The van der Waals surface area contributed by atoms with E-state index in [0.29, 0.717) is 26.0 Å². The first kappa shape index (κ1) is 25.7. The minimum atomic E-state index is -1.23. The van der Waals surface area contributed by atoms with Gasteiger partial charge in [0.2, 0.25) is 5.91 Å². The van der Waals surface area contributed by atoms with Crippen LogP contribution in [0.5, 0.6) is 0 Å². The van der Waals surface area contributed by atoms with Gasteiger partial charge < -0.3 is 25.4 Å². The van der Waals surface area contributed by atoms with Crippen LogP contribution in [0.1, 0.15) is 45.9 Å². The van der Waals surface area contributed by atoms with Crippen LogP contribution >= 0.6 is 22.9 Å². The number of thiophene rings is 1. The molecule has 2 atom stereocenters. The lowest BCUT2D eigenvalue weighted by atomic mass is 10.0. The zero-order valence-corrected chi connectivity index (χ0v) is 20.7. The third kappa shape index (κ3) is 5.57. The number of esters is 1. The summed E-state index contributed by atoms with van der Waals surface area (Å²) in [5, 5.41) is 15.4. The largest absolute Gasteiger partial charge is 0.467 e. The molecule has 182 valence electrons. The van der Waals surface area contributed by atoms with Crippen molar-refractivity contribution in [2.75, 3.05) is 19.0 Å². The van der Waals surface area contributed by atoms with Gasteiger partial charge in [0.05, 0.1) is 22.4 Å². The van der Waals surface area contributed by atoms with Gasteiger partial charge in [-0.15, -0.1) is 11.3 Å². The summed E-state index contributed by atoms with van der Waals surface area (Å²) in [4.78, 5) is 52.0. The number of methoxy groups -OCH3 is 1. The van der Waals surface area contributed by atoms with Crippen LogP contribution in [0.2, 0.25) is 4.34 Å². The highest BCUT2D eigenvalue weighted by atomic mass is 35.5. The third-order valence-electron chi connectivity index (χ3n) is 5.52. The van der Waals surface area contributed by atoms with Crippen molar-refractivity contribution < 1.29 is 29.0 Å². The summed E-state index contributed by atoms with van der Waals surface area (Å²) in [5.41, 5.74) is 0.118. The molecule has 1 aliphatic rings. The fraction of sp³-hybridized carbons (Fsp3) is 0.391. The van der Waals surface area contributed by atoms with Crippen molar-refractivity contribution in [3.63, 3.8) is 0 Å². The number of rotatable bonds is 6. The minimum absolute atomic E-state index is 0.0276. The van der Waals surface area contributed by atoms with Gasteiger partial charge >= 0.3 is 5.97 Å². The average molecular weight is 508 g/mol. The number of β-amino-alcohol motifs (C(OH)–C–C–N with tert-alkyl or cyclic N) is 1. The van der Waals surface area contributed by atoms with Crippen molar-refractivity contribution in [2.45, 2.75) is 44.9 Å². The molecule has 11 heteroatoms. The van der Waals surface area contributed by atoms with Crippen molar-refractivity contribution >= 4 is 52.3 Å². The molecular formula is C23H26ClN3O6S. The standard InChI is InChI=1S/C23H26ClN3O6S/c1-12-9-13(25-22(32)23(2,3)26-19(29)17-7-8-18(24)34-17)5-6-15(12)20(30)27-11-14(28)10-16(27)21(31)33-4/h5-9,14,16,28H,10-11H2,1-4H3,(H,25,32)(H,26,29)/t14-,16+/m1/s1. The van der Waals surface area contributed by atoms with Crippen LogP contribution in [0.15, 0.2) is 30.3 Å². The van der Waals surface area contributed by atoms with Gasteiger partial charge in [-0.25, -0.2) is 4.79 Å². The lowest BCUT2D eigenvalue weighted by Crippen LogP contribution is -2.52. The second-order valence-corrected chi connectivity index (χ2v) is 10.3. The van der Waals surface area contributed by atoms with E-state index in [1.54, 1.807) is 51.1 Å².